The lowest BCUT2D eigenvalue weighted by Gasteiger charge is -2.25. The molecule has 0 aromatic heterocycles. The van der Waals surface area contributed by atoms with E-state index in [9.17, 15) is 19.5 Å². The molecule has 42 heavy (non-hydrogen) atoms. The predicted octanol–water partition coefficient (Wildman–Crippen LogP) is 6.58. The maximum atomic E-state index is 11.9. The van der Waals surface area contributed by atoms with Crippen molar-refractivity contribution >= 4 is 18.5 Å². The van der Waals surface area contributed by atoms with E-state index in [1.54, 1.807) is 45.0 Å². The van der Waals surface area contributed by atoms with Gasteiger partial charge in [-0.2, -0.15) is 0 Å². The summed E-state index contributed by atoms with van der Waals surface area (Å²) in [5, 5.41) is 9.33. The van der Waals surface area contributed by atoms with Crippen molar-refractivity contribution < 1.29 is 38.4 Å². The summed E-state index contributed by atoms with van der Waals surface area (Å²) in [6, 6.07) is 29.0. The lowest BCUT2D eigenvalue weighted by atomic mass is 10.1. The normalized spacial score (nSPS) is 10.5. The molecule has 0 amide bonds. The van der Waals surface area contributed by atoms with E-state index in [0.717, 1.165) is 11.1 Å². The number of hydrogen-bond donors (Lipinski definition) is 1. The molecule has 0 atom stereocenters. The Kier molecular flexibility index (Phi) is 11.7. The number of hydrogen-bond acceptors (Lipinski definition) is 8. The number of aromatic hydroxyl groups is 1. The Balaban J connectivity index is 0.000000247. The molecule has 0 unspecified atom stereocenters. The molecule has 0 heterocycles. The van der Waals surface area contributed by atoms with Gasteiger partial charge < -0.3 is 24.1 Å². The third-order valence-electron chi connectivity index (χ3n) is 5.86. The Hall–Kier alpha value is -5.11. The highest BCUT2D eigenvalue weighted by Crippen LogP contribution is 2.27. The highest BCUT2D eigenvalue weighted by molar-refractivity contribution is 5.82. The fourth-order valence-corrected chi connectivity index (χ4v) is 3.62. The molecule has 4 aromatic rings. The molecular weight excluding hydrogens is 536 g/mol. The summed E-state index contributed by atoms with van der Waals surface area (Å²) in [5.74, 6) is 0.893. The molecule has 4 rings (SSSR count). The van der Waals surface area contributed by atoms with Gasteiger partial charge in [-0.3, -0.25) is 9.59 Å². The fraction of sp³-hybridized carbons (Fsp3) is 0.206. The maximum absolute atomic E-state index is 11.9. The van der Waals surface area contributed by atoms with E-state index in [1.165, 1.54) is 12.1 Å². The molecule has 0 fully saturated rings. The van der Waals surface area contributed by atoms with Crippen molar-refractivity contribution in [1.82, 2.24) is 0 Å². The SMILES string of the molecule is CCOC(=O)C(C)(C)Oc1ccc(OCc2ccccc2)cc1C=O.O=Cc1cc(OCc2ccccc2)ccc1O. The second-order valence-electron chi connectivity index (χ2n) is 9.54. The number of phenols is 1. The van der Waals surface area contributed by atoms with Crippen LogP contribution in [0.25, 0.3) is 0 Å². The third-order valence-corrected chi connectivity index (χ3v) is 5.86. The van der Waals surface area contributed by atoms with E-state index < -0.39 is 11.6 Å². The molecule has 0 saturated carbocycles. The number of ether oxygens (including phenoxy) is 4. The van der Waals surface area contributed by atoms with Gasteiger partial charge in [-0.25, -0.2) is 4.79 Å². The summed E-state index contributed by atoms with van der Waals surface area (Å²) >= 11 is 0. The van der Waals surface area contributed by atoms with Gasteiger partial charge in [-0.05, 0) is 68.3 Å². The maximum Gasteiger partial charge on any atom is 0.349 e. The van der Waals surface area contributed by atoms with Crippen molar-refractivity contribution in [3.63, 3.8) is 0 Å². The van der Waals surface area contributed by atoms with Gasteiger partial charge in [-0.15, -0.1) is 0 Å². The Bertz CT molecular complexity index is 1450. The minimum absolute atomic E-state index is 0.0351. The summed E-state index contributed by atoms with van der Waals surface area (Å²) in [5.41, 5.74) is 1.42. The molecule has 0 saturated heterocycles. The Morgan fingerprint density at radius 3 is 1.74 bits per heavy atom. The van der Waals surface area contributed by atoms with Gasteiger partial charge in [0.2, 0.25) is 0 Å². The highest BCUT2D eigenvalue weighted by Gasteiger charge is 2.32. The highest BCUT2D eigenvalue weighted by atomic mass is 16.6. The van der Waals surface area contributed by atoms with Gasteiger partial charge in [0.1, 0.15) is 36.2 Å². The zero-order valence-corrected chi connectivity index (χ0v) is 23.8. The van der Waals surface area contributed by atoms with Crippen LogP contribution in [0.2, 0.25) is 0 Å². The minimum Gasteiger partial charge on any atom is -0.507 e. The lowest BCUT2D eigenvalue weighted by Crippen LogP contribution is -2.40. The molecule has 8 heteroatoms. The van der Waals surface area contributed by atoms with E-state index in [1.807, 2.05) is 60.7 Å². The molecule has 0 bridgehead atoms. The van der Waals surface area contributed by atoms with Crippen LogP contribution in [0.5, 0.6) is 23.0 Å². The fourth-order valence-electron chi connectivity index (χ4n) is 3.62. The molecule has 218 valence electrons. The molecule has 0 aliphatic carbocycles. The van der Waals surface area contributed by atoms with Crippen LogP contribution in [0.15, 0.2) is 97.1 Å². The number of benzene rings is 4. The van der Waals surface area contributed by atoms with Crippen LogP contribution < -0.4 is 14.2 Å². The third kappa shape index (κ3) is 9.52. The van der Waals surface area contributed by atoms with Crippen LogP contribution in [0.1, 0.15) is 52.6 Å². The van der Waals surface area contributed by atoms with Crippen LogP contribution in [-0.2, 0) is 22.7 Å². The molecular formula is C34H34O8. The number of aldehydes is 2. The second kappa shape index (κ2) is 15.6. The largest absolute Gasteiger partial charge is 0.507 e. The van der Waals surface area contributed by atoms with Gasteiger partial charge >= 0.3 is 5.97 Å². The van der Waals surface area contributed by atoms with E-state index >= 15 is 0 Å². The monoisotopic (exact) mass is 570 g/mol. The average Bonchev–Trinajstić information content (AvgIpc) is 3.01. The van der Waals surface area contributed by atoms with E-state index in [2.05, 4.69) is 0 Å². The summed E-state index contributed by atoms with van der Waals surface area (Å²) in [6.07, 6.45) is 1.27. The molecule has 0 aliphatic rings. The topological polar surface area (TPSA) is 108 Å². The van der Waals surface area contributed by atoms with Gasteiger partial charge in [-0.1, -0.05) is 60.7 Å². The first-order chi connectivity index (χ1) is 20.2. The Morgan fingerprint density at radius 1 is 0.738 bits per heavy atom. The van der Waals surface area contributed by atoms with E-state index in [4.69, 9.17) is 18.9 Å². The van der Waals surface area contributed by atoms with Crippen molar-refractivity contribution in [2.45, 2.75) is 39.6 Å². The van der Waals surface area contributed by atoms with Gasteiger partial charge in [0.05, 0.1) is 17.7 Å². The first kappa shape index (κ1) is 31.4. The van der Waals surface area contributed by atoms with Crippen LogP contribution in [0.3, 0.4) is 0 Å². The van der Waals surface area contributed by atoms with Gasteiger partial charge in [0.25, 0.3) is 0 Å². The first-order valence-corrected chi connectivity index (χ1v) is 13.3. The molecule has 0 aliphatic heterocycles. The number of esters is 1. The molecule has 1 N–H and O–H groups in total. The zero-order valence-electron chi connectivity index (χ0n) is 23.8. The van der Waals surface area contributed by atoms with Gasteiger partial charge in [0, 0.05) is 0 Å². The first-order valence-electron chi connectivity index (χ1n) is 13.3. The minimum atomic E-state index is -1.19. The van der Waals surface area contributed by atoms with Gasteiger partial charge in [0.15, 0.2) is 18.2 Å². The number of carbonyl (C=O) groups is 3. The average molecular weight is 571 g/mol. The smallest absolute Gasteiger partial charge is 0.349 e. The van der Waals surface area contributed by atoms with Crippen molar-refractivity contribution in [2.24, 2.45) is 0 Å². The molecule has 0 radical (unpaired) electrons. The van der Waals surface area contributed by atoms with Crippen molar-refractivity contribution in [3.05, 3.63) is 119 Å². The number of phenolic OH excluding ortho intramolecular Hbond substituents is 1. The lowest BCUT2D eigenvalue weighted by molar-refractivity contribution is -0.158. The second-order valence-corrected chi connectivity index (χ2v) is 9.54. The van der Waals surface area contributed by atoms with Crippen molar-refractivity contribution in [1.29, 1.82) is 0 Å². The van der Waals surface area contributed by atoms with Crippen LogP contribution in [0, 0.1) is 0 Å². The number of rotatable bonds is 12. The van der Waals surface area contributed by atoms with E-state index in [0.29, 0.717) is 48.6 Å². The van der Waals surface area contributed by atoms with Crippen LogP contribution in [-0.4, -0.2) is 35.9 Å². The van der Waals surface area contributed by atoms with Crippen LogP contribution >= 0.6 is 0 Å². The standard InChI is InChI=1S/C20H22O5.C14H12O3/c1-4-23-19(22)20(2,3)25-18-11-10-17(12-16(18)13-21)24-14-15-8-6-5-7-9-15;15-9-12-8-13(6-7-14(12)16)17-10-11-4-2-1-3-5-11/h5-13H,4,14H2,1-3H3;1-9,16H,10H2. The zero-order chi connectivity index (χ0) is 30.4. The summed E-state index contributed by atoms with van der Waals surface area (Å²) in [6.45, 7) is 6.01. The molecule has 8 nitrogen and oxygen atoms in total. The quantitative estimate of drug-likeness (QED) is 0.150. The summed E-state index contributed by atoms with van der Waals surface area (Å²) in [4.78, 5) is 34.0. The Morgan fingerprint density at radius 2 is 1.24 bits per heavy atom. The Labute approximate surface area is 245 Å². The molecule has 4 aromatic carbocycles. The van der Waals surface area contributed by atoms with Crippen molar-refractivity contribution in [3.8, 4) is 23.0 Å². The predicted molar refractivity (Wildman–Crippen MR) is 158 cm³/mol. The van der Waals surface area contributed by atoms with E-state index in [-0.39, 0.29) is 17.9 Å². The molecule has 0 spiro atoms. The van der Waals surface area contributed by atoms with Crippen LogP contribution in [0.4, 0.5) is 0 Å². The number of carbonyl (C=O) groups excluding carboxylic acids is 3. The summed E-state index contributed by atoms with van der Waals surface area (Å²) < 4.78 is 21.9. The van der Waals surface area contributed by atoms with Crippen molar-refractivity contribution in [2.75, 3.05) is 6.61 Å². The summed E-state index contributed by atoms with van der Waals surface area (Å²) in [7, 11) is 0.